The molecule has 0 aliphatic heterocycles. The van der Waals surface area contributed by atoms with Crippen molar-refractivity contribution in [2.45, 2.75) is 38.5 Å². The van der Waals surface area contributed by atoms with E-state index in [4.69, 9.17) is 4.74 Å². The summed E-state index contributed by atoms with van der Waals surface area (Å²) in [6, 6.07) is 14.9. The molecule has 2 aromatic carbocycles. The lowest BCUT2D eigenvalue weighted by Gasteiger charge is -2.10. The Labute approximate surface area is 200 Å². The van der Waals surface area contributed by atoms with Crippen molar-refractivity contribution < 1.29 is 17.9 Å². The van der Waals surface area contributed by atoms with Gasteiger partial charge in [0.1, 0.15) is 17.4 Å². The molecule has 1 amide bonds. The highest BCUT2D eigenvalue weighted by atomic mass is 32.2. The highest BCUT2D eigenvalue weighted by Gasteiger charge is 2.15. The third kappa shape index (κ3) is 7.14. The number of unbranched alkanes of at least 4 members (excludes halogenated alkanes) is 1. The Kier molecular flexibility index (Phi) is 8.37. The normalized spacial score (nSPS) is 11.4. The van der Waals surface area contributed by atoms with Crippen LogP contribution in [0.4, 0.5) is 11.5 Å². The van der Waals surface area contributed by atoms with Gasteiger partial charge in [0.15, 0.2) is 0 Å². The zero-order valence-electron chi connectivity index (χ0n) is 19.4. The minimum Gasteiger partial charge on any atom is -0.493 e. The van der Waals surface area contributed by atoms with Crippen LogP contribution in [0.5, 0.6) is 5.75 Å². The average molecular weight is 481 g/mol. The number of benzene rings is 2. The van der Waals surface area contributed by atoms with Crippen LogP contribution in [0, 0.1) is 13.8 Å². The Bertz CT molecular complexity index is 1250. The van der Waals surface area contributed by atoms with Gasteiger partial charge in [-0.05, 0) is 56.7 Å². The summed E-state index contributed by atoms with van der Waals surface area (Å²) in [5, 5.41) is 2.72. The van der Waals surface area contributed by atoms with E-state index in [1.54, 1.807) is 26.0 Å². The predicted molar refractivity (Wildman–Crippen MR) is 133 cm³/mol. The summed E-state index contributed by atoms with van der Waals surface area (Å²) in [6.07, 6.45) is 5.09. The number of rotatable bonds is 10. The molecule has 9 heteroatoms. The number of aryl methyl sites for hydroxylation is 2. The molecule has 178 valence electrons. The van der Waals surface area contributed by atoms with Gasteiger partial charge in [-0.3, -0.25) is 9.52 Å². The monoisotopic (exact) mass is 480 g/mol. The number of anilines is 2. The van der Waals surface area contributed by atoms with Crippen molar-refractivity contribution >= 4 is 33.5 Å². The molecular formula is C25H28N4O4S. The first kappa shape index (κ1) is 24.9. The quantitative estimate of drug-likeness (QED) is 0.321. The number of carbonyl (C=O) groups is 1. The van der Waals surface area contributed by atoms with Gasteiger partial charge in [0, 0.05) is 29.1 Å². The van der Waals surface area contributed by atoms with E-state index < -0.39 is 10.0 Å². The van der Waals surface area contributed by atoms with Gasteiger partial charge in [-0.15, -0.1) is 0 Å². The van der Waals surface area contributed by atoms with Crippen LogP contribution in [0.1, 0.15) is 36.8 Å². The first-order valence-electron chi connectivity index (χ1n) is 10.9. The van der Waals surface area contributed by atoms with E-state index in [1.807, 2.05) is 24.3 Å². The smallest absolute Gasteiger partial charge is 0.263 e. The number of hydrogen-bond donors (Lipinski definition) is 2. The van der Waals surface area contributed by atoms with Crippen LogP contribution < -0.4 is 14.8 Å². The van der Waals surface area contributed by atoms with Crippen LogP contribution in [0.3, 0.4) is 0 Å². The van der Waals surface area contributed by atoms with Gasteiger partial charge < -0.3 is 10.1 Å². The van der Waals surface area contributed by atoms with E-state index in [9.17, 15) is 13.2 Å². The fourth-order valence-corrected chi connectivity index (χ4v) is 4.10. The van der Waals surface area contributed by atoms with E-state index in [2.05, 4.69) is 26.9 Å². The van der Waals surface area contributed by atoms with E-state index in [1.165, 1.54) is 30.3 Å². The molecule has 8 nitrogen and oxygen atoms in total. The average Bonchev–Trinajstić information content (AvgIpc) is 2.78. The lowest BCUT2D eigenvalue weighted by molar-refractivity contribution is -0.111. The van der Waals surface area contributed by atoms with Crippen molar-refractivity contribution in [3.63, 3.8) is 0 Å². The molecule has 0 aliphatic rings. The maximum Gasteiger partial charge on any atom is 0.263 e. The minimum absolute atomic E-state index is 0.0492. The molecule has 0 atom stereocenters. The third-order valence-electron chi connectivity index (χ3n) is 4.73. The standard InChI is InChI=1S/C25H28N4O4S/c1-4-5-16-33-23-9-7-6-8-20(23)10-15-25(30)28-21-11-13-22(14-12-21)34(31,32)29-24-17-18(2)26-19(3)27-24/h6-15,17H,4-5,16H2,1-3H3,(H,28,30)(H,26,27,29)/b15-10+. The number of aromatic nitrogens is 2. The molecule has 34 heavy (non-hydrogen) atoms. The topological polar surface area (TPSA) is 110 Å². The Morgan fingerprint density at radius 3 is 2.50 bits per heavy atom. The fraction of sp³-hybridized carbons (Fsp3) is 0.240. The van der Waals surface area contributed by atoms with Gasteiger partial charge in [0.05, 0.1) is 11.5 Å². The molecule has 1 heterocycles. The molecule has 3 aromatic rings. The van der Waals surface area contributed by atoms with Gasteiger partial charge in [-0.1, -0.05) is 31.5 Å². The number of amides is 1. The Morgan fingerprint density at radius 2 is 1.79 bits per heavy atom. The second-order valence-corrected chi connectivity index (χ2v) is 9.32. The maximum atomic E-state index is 12.7. The number of nitrogens with zero attached hydrogens (tertiary/aromatic N) is 2. The molecule has 1 aromatic heterocycles. The molecule has 0 aliphatic carbocycles. The van der Waals surface area contributed by atoms with Gasteiger partial charge in [-0.25, -0.2) is 18.4 Å². The van der Waals surface area contributed by atoms with Crippen molar-refractivity contribution in [1.82, 2.24) is 9.97 Å². The summed E-state index contributed by atoms with van der Waals surface area (Å²) >= 11 is 0. The summed E-state index contributed by atoms with van der Waals surface area (Å²) in [6.45, 7) is 6.16. The van der Waals surface area contributed by atoms with Crippen molar-refractivity contribution in [3.8, 4) is 5.75 Å². The zero-order chi connectivity index (χ0) is 24.6. The first-order valence-corrected chi connectivity index (χ1v) is 12.4. The van der Waals surface area contributed by atoms with Gasteiger partial charge >= 0.3 is 0 Å². The number of para-hydroxylation sites is 1. The van der Waals surface area contributed by atoms with E-state index in [-0.39, 0.29) is 16.6 Å². The number of sulfonamides is 1. The van der Waals surface area contributed by atoms with E-state index in [0.717, 1.165) is 24.2 Å². The molecule has 0 spiro atoms. The Morgan fingerprint density at radius 1 is 1.06 bits per heavy atom. The summed E-state index contributed by atoms with van der Waals surface area (Å²) in [4.78, 5) is 20.6. The highest BCUT2D eigenvalue weighted by Crippen LogP contribution is 2.21. The van der Waals surface area contributed by atoms with Crippen molar-refractivity contribution in [2.75, 3.05) is 16.6 Å². The number of ether oxygens (including phenoxy) is 1. The molecule has 0 saturated carbocycles. The SMILES string of the molecule is CCCCOc1ccccc1/C=C/C(=O)Nc1ccc(S(=O)(=O)Nc2cc(C)nc(C)n2)cc1. The number of carbonyl (C=O) groups excluding carboxylic acids is 1. The summed E-state index contributed by atoms with van der Waals surface area (Å²) in [5.74, 6) is 1.05. The maximum absolute atomic E-state index is 12.7. The van der Waals surface area contributed by atoms with Crippen LogP contribution in [0.25, 0.3) is 6.08 Å². The molecule has 0 radical (unpaired) electrons. The van der Waals surface area contributed by atoms with Gasteiger partial charge in [0.2, 0.25) is 5.91 Å². The fourth-order valence-electron chi connectivity index (χ4n) is 3.11. The summed E-state index contributed by atoms with van der Waals surface area (Å²) in [7, 11) is -3.83. The van der Waals surface area contributed by atoms with Crippen LogP contribution in [0.15, 0.2) is 65.6 Å². The second kappa shape index (κ2) is 11.4. The van der Waals surface area contributed by atoms with Crippen molar-refractivity contribution in [2.24, 2.45) is 0 Å². The molecule has 0 fully saturated rings. The van der Waals surface area contributed by atoms with Gasteiger partial charge in [0.25, 0.3) is 10.0 Å². The molecule has 0 unspecified atom stereocenters. The third-order valence-corrected chi connectivity index (χ3v) is 6.10. The molecule has 0 bridgehead atoms. The first-order chi connectivity index (χ1) is 16.3. The zero-order valence-corrected chi connectivity index (χ0v) is 20.2. The van der Waals surface area contributed by atoms with Crippen LogP contribution in [0.2, 0.25) is 0 Å². The van der Waals surface area contributed by atoms with Crippen LogP contribution in [-0.2, 0) is 14.8 Å². The van der Waals surface area contributed by atoms with Gasteiger partial charge in [-0.2, -0.15) is 0 Å². The minimum atomic E-state index is -3.83. The number of hydrogen-bond acceptors (Lipinski definition) is 6. The largest absolute Gasteiger partial charge is 0.493 e. The molecule has 3 rings (SSSR count). The van der Waals surface area contributed by atoms with Crippen LogP contribution >= 0.6 is 0 Å². The Balaban J connectivity index is 1.64. The van der Waals surface area contributed by atoms with Crippen molar-refractivity contribution in [1.29, 1.82) is 0 Å². The van der Waals surface area contributed by atoms with Crippen molar-refractivity contribution in [3.05, 3.63) is 77.8 Å². The Hall–Kier alpha value is -3.72. The van der Waals surface area contributed by atoms with E-state index >= 15 is 0 Å². The molecule has 2 N–H and O–H groups in total. The lowest BCUT2D eigenvalue weighted by Crippen LogP contribution is -2.15. The summed E-state index contributed by atoms with van der Waals surface area (Å²) < 4.78 is 33.5. The van der Waals surface area contributed by atoms with Crippen LogP contribution in [-0.4, -0.2) is 30.9 Å². The van der Waals surface area contributed by atoms with E-state index in [0.29, 0.717) is 23.8 Å². The molecular weight excluding hydrogens is 452 g/mol. The number of nitrogens with one attached hydrogen (secondary N) is 2. The highest BCUT2D eigenvalue weighted by molar-refractivity contribution is 7.92. The predicted octanol–water partition coefficient (Wildman–Crippen LogP) is 4.73. The second-order valence-electron chi connectivity index (χ2n) is 7.63. The molecule has 0 saturated heterocycles. The summed E-state index contributed by atoms with van der Waals surface area (Å²) in [5.41, 5.74) is 1.93. The lowest BCUT2D eigenvalue weighted by atomic mass is 10.2.